The molecule has 0 saturated carbocycles. The van der Waals surface area contributed by atoms with Gasteiger partial charge in [-0.15, -0.1) is 0 Å². The minimum absolute atomic E-state index is 0.112. The number of amides is 1. The Kier molecular flexibility index (Phi) is 3.18. The van der Waals surface area contributed by atoms with Crippen molar-refractivity contribution in [2.24, 2.45) is 0 Å². The molecule has 0 saturated heterocycles. The molecule has 1 aliphatic rings. The van der Waals surface area contributed by atoms with E-state index in [0.29, 0.717) is 6.42 Å². The number of aryl methyl sites for hydroxylation is 1. The van der Waals surface area contributed by atoms with Crippen LogP contribution in [0.3, 0.4) is 0 Å². The second kappa shape index (κ2) is 5.00. The predicted molar refractivity (Wildman–Crippen MR) is 83.2 cm³/mol. The van der Waals surface area contributed by atoms with E-state index in [9.17, 15) is 4.79 Å². The Balaban J connectivity index is 1.92. The van der Waals surface area contributed by atoms with Gasteiger partial charge in [-0.1, -0.05) is 18.2 Å². The second-order valence-electron chi connectivity index (χ2n) is 5.36. The van der Waals surface area contributed by atoms with Crippen LogP contribution in [0.1, 0.15) is 12.0 Å². The molecular formula is C17H18N2O. The van der Waals surface area contributed by atoms with Crippen LogP contribution in [0.2, 0.25) is 0 Å². The van der Waals surface area contributed by atoms with Crippen molar-refractivity contribution < 1.29 is 4.79 Å². The molecule has 0 unspecified atom stereocenters. The number of rotatable bonds is 2. The largest absolute Gasteiger partial charge is 0.378 e. The number of benzene rings is 2. The average Bonchev–Trinajstić information content (AvgIpc) is 2.47. The van der Waals surface area contributed by atoms with E-state index in [1.165, 1.54) is 22.4 Å². The molecule has 1 aliphatic heterocycles. The van der Waals surface area contributed by atoms with E-state index in [4.69, 9.17) is 0 Å². The molecule has 0 aromatic heterocycles. The molecule has 20 heavy (non-hydrogen) atoms. The van der Waals surface area contributed by atoms with Crippen molar-refractivity contribution in [3.05, 3.63) is 48.0 Å². The van der Waals surface area contributed by atoms with E-state index in [2.05, 4.69) is 46.6 Å². The first-order valence-electron chi connectivity index (χ1n) is 6.84. The van der Waals surface area contributed by atoms with Crippen LogP contribution in [-0.4, -0.2) is 20.0 Å². The Morgan fingerprint density at radius 2 is 1.65 bits per heavy atom. The molecule has 3 rings (SSSR count). The molecule has 2 aromatic rings. The highest BCUT2D eigenvalue weighted by atomic mass is 16.1. The van der Waals surface area contributed by atoms with E-state index in [-0.39, 0.29) is 5.91 Å². The van der Waals surface area contributed by atoms with Gasteiger partial charge in [0.1, 0.15) is 0 Å². The van der Waals surface area contributed by atoms with Crippen LogP contribution in [0.25, 0.3) is 11.1 Å². The molecule has 0 radical (unpaired) electrons. The standard InChI is InChI=1S/C17H18N2O/c1-19(2)15-7-3-12(4-8-15)13-5-9-16-14(11-13)6-10-17(20)18-16/h3-5,7-9,11H,6,10H2,1-2H3,(H,18,20). The lowest BCUT2D eigenvalue weighted by atomic mass is 9.97. The molecule has 3 heteroatoms. The fourth-order valence-corrected chi connectivity index (χ4v) is 2.51. The molecular weight excluding hydrogens is 248 g/mol. The summed E-state index contributed by atoms with van der Waals surface area (Å²) >= 11 is 0. The highest BCUT2D eigenvalue weighted by molar-refractivity contribution is 5.94. The van der Waals surface area contributed by atoms with E-state index in [1.54, 1.807) is 0 Å². The van der Waals surface area contributed by atoms with Crippen LogP contribution in [0.15, 0.2) is 42.5 Å². The average molecular weight is 266 g/mol. The van der Waals surface area contributed by atoms with Crippen molar-refractivity contribution in [2.45, 2.75) is 12.8 Å². The summed E-state index contributed by atoms with van der Waals surface area (Å²) < 4.78 is 0. The molecule has 0 bridgehead atoms. The fraction of sp³-hybridized carbons (Fsp3) is 0.235. The number of carbonyl (C=O) groups excluding carboxylic acids is 1. The molecule has 0 aliphatic carbocycles. The third-order valence-corrected chi connectivity index (χ3v) is 3.72. The Bertz CT molecular complexity index is 645. The van der Waals surface area contributed by atoms with Crippen LogP contribution in [0.5, 0.6) is 0 Å². The maximum atomic E-state index is 11.4. The summed E-state index contributed by atoms with van der Waals surface area (Å²) in [6, 6.07) is 14.8. The van der Waals surface area contributed by atoms with E-state index >= 15 is 0 Å². The van der Waals surface area contributed by atoms with Crippen molar-refractivity contribution in [1.29, 1.82) is 0 Å². The summed E-state index contributed by atoms with van der Waals surface area (Å²) in [5, 5.41) is 2.92. The first kappa shape index (κ1) is 12.7. The van der Waals surface area contributed by atoms with Gasteiger partial charge in [0.15, 0.2) is 0 Å². The number of nitrogens with one attached hydrogen (secondary N) is 1. The number of carbonyl (C=O) groups is 1. The first-order valence-corrected chi connectivity index (χ1v) is 6.84. The maximum Gasteiger partial charge on any atom is 0.224 e. The molecule has 0 fully saturated rings. The highest BCUT2D eigenvalue weighted by Crippen LogP contribution is 2.29. The van der Waals surface area contributed by atoms with Gasteiger partial charge in [0.25, 0.3) is 0 Å². The Morgan fingerprint density at radius 1 is 0.950 bits per heavy atom. The van der Waals surface area contributed by atoms with Gasteiger partial charge in [0, 0.05) is 31.9 Å². The van der Waals surface area contributed by atoms with Gasteiger partial charge in [0.05, 0.1) is 0 Å². The molecule has 0 atom stereocenters. The molecule has 1 heterocycles. The molecule has 2 aromatic carbocycles. The second-order valence-corrected chi connectivity index (χ2v) is 5.36. The SMILES string of the molecule is CN(C)c1ccc(-c2ccc3c(c2)CCC(=O)N3)cc1. The van der Waals surface area contributed by atoms with Gasteiger partial charge >= 0.3 is 0 Å². The van der Waals surface area contributed by atoms with Crippen molar-refractivity contribution in [3.8, 4) is 11.1 Å². The topological polar surface area (TPSA) is 32.3 Å². The summed E-state index contributed by atoms with van der Waals surface area (Å²) in [4.78, 5) is 13.5. The Labute approximate surface area is 119 Å². The summed E-state index contributed by atoms with van der Waals surface area (Å²) in [6.45, 7) is 0. The Hall–Kier alpha value is -2.29. The van der Waals surface area contributed by atoms with Gasteiger partial charge in [-0.05, 0) is 47.4 Å². The number of nitrogens with zero attached hydrogens (tertiary/aromatic N) is 1. The zero-order valence-corrected chi connectivity index (χ0v) is 11.8. The summed E-state index contributed by atoms with van der Waals surface area (Å²) in [5.74, 6) is 0.112. The van der Waals surface area contributed by atoms with Gasteiger partial charge in [-0.3, -0.25) is 4.79 Å². The number of hydrogen-bond acceptors (Lipinski definition) is 2. The van der Waals surface area contributed by atoms with Crippen LogP contribution in [0, 0.1) is 0 Å². The third kappa shape index (κ3) is 2.39. The predicted octanol–water partition coefficient (Wildman–Crippen LogP) is 3.30. The van der Waals surface area contributed by atoms with E-state index in [1.807, 2.05) is 20.2 Å². The molecule has 0 spiro atoms. The summed E-state index contributed by atoms with van der Waals surface area (Å²) in [6.07, 6.45) is 1.40. The number of hydrogen-bond donors (Lipinski definition) is 1. The molecule has 1 N–H and O–H groups in total. The lowest BCUT2D eigenvalue weighted by molar-refractivity contribution is -0.116. The van der Waals surface area contributed by atoms with Gasteiger partial charge in [0.2, 0.25) is 5.91 Å². The smallest absolute Gasteiger partial charge is 0.224 e. The van der Waals surface area contributed by atoms with Crippen LogP contribution in [0.4, 0.5) is 11.4 Å². The lowest BCUT2D eigenvalue weighted by Gasteiger charge is -2.18. The van der Waals surface area contributed by atoms with E-state index < -0.39 is 0 Å². The maximum absolute atomic E-state index is 11.4. The minimum Gasteiger partial charge on any atom is -0.378 e. The normalized spacial score (nSPS) is 13.6. The van der Waals surface area contributed by atoms with Crippen LogP contribution < -0.4 is 10.2 Å². The van der Waals surface area contributed by atoms with Crippen LogP contribution in [-0.2, 0) is 11.2 Å². The van der Waals surface area contributed by atoms with Gasteiger partial charge in [-0.2, -0.15) is 0 Å². The first-order chi connectivity index (χ1) is 9.63. The van der Waals surface area contributed by atoms with Gasteiger partial charge < -0.3 is 10.2 Å². The van der Waals surface area contributed by atoms with Gasteiger partial charge in [-0.25, -0.2) is 0 Å². The summed E-state index contributed by atoms with van der Waals surface area (Å²) in [7, 11) is 4.08. The third-order valence-electron chi connectivity index (χ3n) is 3.72. The number of fused-ring (bicyclic) bond motifs is 1. The Morgan fingerprint density at radius 3 is 2.35 bits per heavy atom. The minimum atomic E-state index is 0.112. The van der Waals surface area contributed by atoms with Crippen molar-refractivity contribution >= 4 is 17.3 Å². The summed E-state index contributed by atoms with van der Waals surface area (Å²) in [5.41, 5.74) is 5.77. The lowest BCUT2D eigenvalue weighted by Crippen LogP contribution is -2.18. The number of anilines is 2. The molecule has 1 amide bonds. The molecule has 102 valence electrons. The molecule has 3 nitrogen and oxygen atoms in total. The quantitative estimate of drug-likeness (QED) is 0.904. The zero-order chi connectivity index (χ0) is 14.1. The van der Waals surface area contributed by atoms with Crippen molar-refractivity contribution in [2.75, 3.05) is 24.3 Å². The van der Waals surface area contributed by atoms with E-state index in [0.717, 1.165) is 12.1 Å². The zero-order valence-electron chi connectivity index (χ0n) is 11.8. The monoisotopic (exact) mass is 266 g/mol. The fourth-order valence-electron chi connectivity index (χ4n) is 2.51. The van der Waals surface area contributed by atoms with Crippen LogP contribution >= 0.6 is 0 Å². The highest BCUT2D eigenvalue weighted by Gasteiger charge is 2.14. The van der Waals surface area contributed by atoms with Crippen molar-refractivity contribution in [1.82, 2.24) is 0 Å². The van der Waals surface area contributed by atoms with Crippen molar-refractivity contribution in [3.63, 3.8) is 0 Å².